The summed E-state index contributed by atoms with van der Waals surface area (Å²) in [6, 6.07) is 16.5. The number of imide groups is 2. The van der Waals surface area contributed by atoms with E-state index in [0.717, 1.165) is 14.9 Å². The minimum atomic E-state index is -0.814. The second kappa shape index (κ2) is 11.3. The molecule has 4 amide bonds. The zero-order chi connectivity index (χ0) is 25.8. The minimum absolute atomic E-state index is 0.195. The predicted molar refractivity (Wildman–Crippen MR) is 144 cm³/mol. The average molecular weight is 635 g/mol. The fourth-order valence-corrected chi connectivity index (χ4v) is 4.56. The van der Waals surface area contributed by atoms with Crippen molar-refractivity contribution in [2.45, 2.75) is 13.5 Å². The molecule has 3 aromatic carbocycles. The van der Waals surface area contributed by atoms with Gasteiger partial charge in [0, 0.05) is 9.50 Å². The summed E-state index contributed by atoms with van der Waals surface area (Å²) in [5, 5.41) is 2.83. The molecule has 7 nitrogen and oxygen atoms in total. The molecule has 4 rings (SSSR count). The molecule has 0 saturated carbocycles. The highest BCUT2D eigenvalue weighted by Crippen LogP contribution is 2.38. The number of rotatable bonds is 7. The van der Waals surface area contributed by atoms with E-state index in [9.17, 15) is 14.4 Å². The van der Waals surface area contributed by atoms with Crippen molar-refractivity contribution < 1.29 is 23.9 Å². The van der Waals surface area contributed by atoms with Crippen molar-refractivity contribution in [2.75, 3.05) is 11.5 Å². The molecule has 0 unspecified atom stereocenters. The van der Waals surface area contributed by atoms with Gasteiger partial charge in [0.15, 0.2) is 11.5 Å². The summed E-state index contributed by atoms with van der Waals surface area (Å²) in [5.74, 6) is -0.634. The standard InChI is InChI=1S/C26H19Br2ClN2O5/c1-2-35-22-13-16(12-21(28)23(22)36-14-15-4-3-5-18(29)10-15)11-20-24(32)30-26(34)31(25(20)33)19-8-6-17(27)7-9-19/h3-13H,2,14H2,1H3,(H,30,32,34)/b20-11+. The second-order valence-electron chi connectivity index (χ2n) is 7.62. The predicted octanol–water partition coefficient (Wildman–Crippen LogP) is 6.51. The lowest BCUT2D eigenvalue weighted by molar-refractivity contribution is -0.122. The van der Waals surface area contributed by atoms with Crippen molar-refractivity contribution in [3.63, 3.8) is 0 Å². The van der Waals surface area contributed by atoms with E-state index in [4.69, 9.17) is 21.1 Å². The van der Waals surface area contributed by atoms with Crippen molar-refractivity contribution in [2.24, 2.45) is 0 Å². The Bertz CT molecular complexity index is 1380. The quantitative estimate of drug-likeness (QED) is 0.237. The van der Waals surface area contributed by atoms with Gasteiger partial charge in [-0.15, -0.1) is 0 Å². The number of anilines is 1. The number of carbonyl (C=O) groups excluding carboxylic acids is 3. The topological polar surface area (TPSA) is 84.9 Å². The molecule has 0 atom stereocenters. The number of urea groups is 1. The van der Waals surface area contributed by atoms with Crippen LogP contribution >= 0.6 is 43.5 Å². The molecule has 1 aliphatic heterocycles. The van der Waals surface area contributed by atoms with Crippen LogP contribution in [-0.4, -0.2) is 24.5 Å². The summed E-state index contributed by atoms with van der Waals surface area (Å²) >= 11 is 12.9. The van der Waals surface area contributed by atoms with Crippen LogP contribution in [0.25, 0.3) is 6.08 Å². The first-order valence-corrected chi connectivity index (χ1v) is 12.7. The summed E-state index contributed by atoms with van der Waals surface area (Å²) in [6.07, 6.45) is 1.41. The molecule has 10 heteroatoms. The lowest BCUT2D eigenvalue weighted by Crippen LogP contribution is -2.54. The van der Waals surface area contributed by atoms with Crippen molar-refractivity contribution in [1.82, 2.24) is 5.32 Å². The number of hydrogen-bond acceptors (Lipinski definition) is 5. The minimum Gasteiger partial charge on any atom is -0.490 e. The zero-order valence-corrected chi connectivity index (χ0v) is 22.8. The Hall–Kier alpha value is -3.14. The molecule has 0 aliphatic carbocycles. The first kappa shape index (κ1) is 25.9. The number of hydrogen-bond donors (Lipinski definition) is 1. The van der Waals surface area contributed by atoms with Crippen LogP contribution in [0.1, 0.15) is 18.1 Å². The van der Waals surface area contributed by atoms with Crippen LogP contribution < -0.4 is 19.7 Å². The molecule has 0 spiro atoms. The van der Waals surface area contributed by atoms with E-state index >= 15 is 0 Å². The summed E-state index contributed by atoms with van der Waals surface area (Å²) in [6.45, 7) is 2.45. The van der Waals surface area contributed by atoms with E-state index in [0.29, 0.717) is 38.9 Å². The average Bonchev–Trinajstić information content (AvgIpc) is 2.82. The Labute approximate surface area is 229 Å². The number of nitrogens with one attached hydrogen (secondary N) is 1. The number of halogens is 3. The highest BCUT2D eigenvalue weighted by Gasteiger charge is 2.36. The van der Waals surface area contributed by atoms with Crippen molar-refractivity contribution in [1.29, 1.82) is 0 Å². The molecule has 1 saturated heterocycles. The van der Waals surface area contributed by atoms with E-state index < -0.39 is 17.8 Å². The third kappa shape index (κ3) is 5.80. The van der Waals surface area contributed by atoms with Gasteiger partial charge in [0.25, 0.3) is 11.8 Å². The maximum atomic E-state index is 13.2. The van der Waals surface area contributed by atoms with Gasteiger partial charge in [0.05, 0.1) is 16.8 Å². The van der Waals surface area contributed by atoms with Gasteiger partial charge in [-0.3, -0.25) is 14.9 Å². The summed E-state index contributed by atoms with van der Waals surface area (Å²) < 4.78 is 13.1. The Morgan fingerprint density at radius 2 is 1.75 bits per heavy atom. The largest absolute Gasteiger partial charge is 0.490 e. The maximum Gasteiger partial charge on any atom is 0.335 e. The van der Waals surface area contributed by atoms with Crippen LogP contribution in [0.15, 0.2) is 75.2 Å². The van der Waals surface area contributed by atoms with Crippen LogP contribution in [0.4, 0.5) is 10.5 Å². The Balaban J connectivity index is 1.65. The summed E-state index contributed by atoms with van der Waals surface area (Å²) in [4.78, 5) is 39.1. The van der Waals surface area contributed by atoms with Gasteiger partial charge in [-0.25, -0.2) is 9.69 Å². The molecule has 36 heavy (non-hydrogen) atoms. The van der Waals surface area contributed by atoms with Crippen LogP contribution in [0.5, 0.6) is 11.5 Å². The number of barbiturate groups is 1. The Morgan fingerprint density at radius 1 is 1.00 bits per heavy atom. The maximum absolute atomic E-state index is 13.2. The number of nitrogens with zero attached hydrogens (tertiary/aromatic N) is 1. The van der Waals surface area contributed by atoms with Gasteiger partial charge in [-0.05, 0) is 88.6 Å². The fraction of sp³-hybridized carbons (Fsp3) is 0.115. The zero-order valence-electron chi connectivity index (χ0n) is 18.9. The molecular formula is C26H19Br2ClN2O5. The fourth-order valence-electron chi connectivity index (χ4n) is 3.51. The van der Waals surface area contributed by atoms with Gasteiger partial charge in [-0.2, -0.15) is 0 Å². The number of ether oxygens (including phenoxy) is 2. The van der Waals surface area contributed by atoms with E-state index in [1.807, 2.05) is 19.1 Å². The van der Waals surface area contributed by atoms with Gasteiger partial charge < -0.3 is 9.47 Å². The molecule has 0 bridgehead atoms. The number of benzene rings is 3. The van der Waals surface area contributed by atoms with Crippen molar-refractivity contribution >= 4 is 73.1 Å². The number of amides is 4. The monoisotopic (exact) mass is 632 g/mol. The highest BCUT2D eigenvalue weighted by atomic mass is 79.9. The van der Waals surface area contributed by atoms with Gasteiger partial charge >= 0.3 is 6.03 Å². The van der Waals surface area contributed by atoms with Crippen molar-refractivity contribution in [3.8, 4) is 11.5 Å². The van der Waals surface area contributed by atoms with Gasteiger partial charge in [-0.1, -0.05) is 39.7 Å². The van der Waals surface area contributed by atoms with Crippen LogP contribution in [0, 0.1) is 0 Å². The highest BCUT2D eigenvalue weighted by molar-refractivity contribution is 9.10. The van der Waals surface area contributed by atoms with Crippen molar-refractivity contribution in [3.05, 3.63) is 91.3 Å². The van der Waals surface area contributed by atoms with Gasteiger partial charge in [0.2, 0.25) is 0 Å². The molecular weight excluding hydrogens is 616 g/mol. The molecule has 0 aromatic heterocycles. The third-order valence-corrected chi connectivity index (χ3v) is 6.45. The molecule has 1 heterocycles. The van der Waals surface area contributed by atoms with E-state index in [1.54, 1.807) is 48.5 Å². The SMILES string of the molecule is CCOc1cc(/C=C2\C(=O)NC(=O)N(c3ccc(Br)cc3)C2=O)cc(Br)c1OCc1cccc(Cl)c1. The van der Waals surface area contributed by atoms with Crippen LogP contribution in [0.3, 0.4) is 0 Å². The van der Waals surface area contributed by atoms with Gasteiger partial charge in [0.1, 0.15) is 12.2 Å². The first-order chi connectivity index (χ1) is 17.3. The number of carbonyl (C=O) groups is 3. The normalized spacial score (nSPS) is 14.7. The molecule has 3 aromatic rings. The molecule has 1 N–H and O–H groups in total. The third-order valence-electron chi connectivity index (χ3n) is 5.10. The summed E-state index contributed by atoms with van der Waals surface area (Å²) in [7, 11) is 0. The van der Waals surface area contributed by atoms with E-state index in [1.165, 1.54) is 6.08 Å². The van der Waals surface area contributed by atoms with Crippen LogP contribution in [-0.2, 0) is 16.2 Å². The van der Waals surface area contributed by atoms with E-state index in [2.05, 4.69) is 37.2 Å². The Kier molecular flexibility index (Phi) is 8.13. The molecule has 184 valence electrons. The molecule has 1 aliphatic rings. The lowest BCUT2D eigenvalue weighted by atomic mass is 10.1. The lowest BCUT2D eigenvalue weighted by Gasteiger charge is -2.26. The second-order valence-corrected chi connectivity index (χ2v) is 9.82. The molecule has 1 fully saturated rings. The Morgan fingerprint density at radius 3 is 2.44 bits per heavy atom. The molecule has 0 radical (unpaired) electrons. The van der Waals surface area contributed by atoms with Crippen LogP contribution in [0.2, 0.25) is 5.02 Å². The van der Waals surface area contributed by atoms with E-state index in [-0.39, 0.29) is 12.2 Å². The first-order valence-electron chi connectivity index (χ1n) is 10.8. The smallest absolute Gasteiger partial charge is 0.335 e. The summed E-state index contributed by atoms with van der Waals surface area (Å²) in [5.41, 5.74) is 1.52.